The second-order valence-electron chi connectivity index (χ2n) is 5.96. The van der Waals surface area contributed by atoms with Crippen molar-refractivity contribution in [1.82, 2.24) is 4.90 Å². The van der Waals surface area contributed by atoms with Gasteiger partial charge in [-0.2, -0.15) is 0 Å². The predicted molar refractivity (Wildman–Crippen MR) is 81.9 cm³/mol. The summed E-state index contributed by atoms with van der Waals surface area (Å²) in [5.41, 5.74) is 3.44. The largest absolute Gasteiger partial charge is 0.387 e. The molecule has 0 saturated carbocycles. The minimum atomic E-state index is -0.405. The van der Waals surface area contributed by atoms with E-state index >= 15 is 0 Å². The molecule has 3 heteroatoms. The van der Waals surface area contributed by atoms with E-state index in [1.165, 1.54) is 11.1 Å². The molecule has 1 heterocycles. The molecule has 2 atom stereocenters. The highest BCUT2D eigenvalue weighted by molar-refractivity contribution is 5.32. The van der Waals surface area contributed by atoms with E-state index in [0.29, 0.717) is 12.5 Å². The minimum Gasteiger partial charge on any atom is -0.387 e. The van der Waals surface area contributed by atoms with Crippen molar-refractivity contribution < 1.29 is 9.84 Å². The summed E-state index contributed by atoms with van der Waals surface area (Å²) >= 11 is 0. The molecule has 3 nitrogen and oxygen atoms in total. The van der Waals surface area contributed by atoms with E-state index in [0.717, 1.165) is 38.3 Å². The van der Waals surface area contributed by atoms with Gasteiger partial charge in [0.2, 0.25) is 0 Å². The monoisotopic (exact) mass is 277 g/mol. The first-order valence-electron chi connectivity index (χ1n) is 7.65. The van der Waals surface area contributed by atoms with Gasteiger partial charge in [-0.05, 0) is 43.9 Å². The topological polar surface area (TPSA) is 32.7 Å². The molecule has 2 rings (SSSR count). The van der Waals surface area contributed by atoms with E-state index in [1.54, 1.807) is 0 Å². The van der Waals surface area contributed by atoms with Gasteiger partial charge in [0, 0.05) is 19.7 Å². The third kappa shape index (κ3) is 4.05. The maximum atomic E-state index is 10.5. The molecule has 1 aromatic rings. The molecule has 0 amide bonds. The molecule has 1 saturated heterocycles. The van der Waals surface area contributed by atoms with E-state index in [2.05, 4.69) is 43.9 Å². The number of aliphatic hydroxyl groups is 1. The third-order valence-electron chi connectivity index (χ3n) is 4.21. The number of aliphatic hydroxyl groups excluding tert-OH is 1. The van der Waals surface area contributed by atoms with Gasteiger partial charge in [0.1, 0.15) is 0 Å². The number of hydrogen-bond donors (Lipinski definition) is 1. The van der Waals surface area contributed by atoms with E-state index in [9.17, 15) is 5.11 Å². The number of likely N-dealkylation sites (N-methyl/N-ethyl adjacent to an activating group) is 1. The number of ether oxygens (including phenoxy) is 1. The average Bonchev–Trinajstić information content (AvgIpc) is 2.93. The van der Waals surface area contributed by atoms with Crippen LogP contribution in [0.4, 0.5) is 0 Å². The Morgan fingerprint density at radius 2 is 2.20 bits per heavy atom. The average molecular weight is 277 g/mol. The molecule has 1 N–H and O–H groups in total. The molecule has 1 aromatic carbocycles. The molecule has 1 aliphatic heterocycles. The van der Waals surface area contributed by atoms with Crippen molar-refractivity contribution in [3.05, 3.63) is 34.9 Å². The van der Waals surface area contributed by atoms with Crippen molar-refractivity contribution in [1.29, 1.82) is 0 Å². The zero-order valence-corrected chi connectivity index (χ0v) is 12.9. The molecule has 0 radical (unpaired) electrons. The van der Waals surface area contributed by atoms with Gasteiger partial charge >= 0.3 is 0 Å². The van der Waals surface area contributed by atoms with Gasteiger partial charge in [-0.3, -0.25) is 0 Å². The predicted octanol–water partition coefficient (Wildman–Crippen LogP) is 2.70. The van der Waals surface area contributed by atoms with Gasteiger partial charge in [0.15, 0.2) is 0 Å². The maximum Gasteiger partial charge on any atom is 0.0919 e. The van der Waals surface area contributed by atoms with Crippen LogP contribution >= 0.6 is 0 Å². The Morgan fingerprint density at radius 1 is 1.40 bits per heavy atom. The van der Waals surface area contributed by atoms with Gasteiger partial charge in [-0.25, -0.2) is 0 Å². The first-order valence-corrected chi connectivity index (χ1v) is 7.65. The lowest BCUT2D eigenvalue weighted by Crippen LogP contribution is -2.33. The van der Waals surface area contributed by atoms with E-state index in [1.807, 2.05) is 0 Å². The fourth-order valence-corrected chi connectivity index (χ4v) is 2.89. The lowest BCUT2D eigenvalue weighted by atomic mass is 10.00. The molecule has 0 spiro atoms. The molecule has 0 bridgehead atoms. The smallest absolute Gasteiger partial charge is 0.0919 e. The zero-order valence-electron chi connectivity index (χ0n) is 12.9. The zero-order chi connectivity index (χ0) is 14.5. The quantitative estimate of drug-likeness (QED) is 0.868. The molecular weight excluding hydrogens is 250 g/mol. The number of nitrogens with zero attached hydrogens (tertiary/aromatic N) is 1. The van der Waals surface area contributed by atoms with Gasteiger partial charge < -0.3 is 14.7 Å². The first-order chi connectivity index (χ1) is 9.60. The molecule has 1 fully saturated rings. The molecule has 112 valence electrons. The highest BCUT2D eigenvalue weighted by atomic mass is 16.5. The van der Waals surface area contributed by atoms with E-state index in [-0.39, 0.29) is 0 Å². The van der Waals surface area contributed by atoms with Crippen LogP contribution in [0.3, 0.4) is 0 Å². The van der Waals surface area contributed by atoms with Crippen molar-refractivity contribution >= 4 is 0 Å². The van der Waals surface area contributed by atoms with Crippen LogP contribution in [0.15, 0.2) is 18.2 Å². The Labute approximate surface area is 122 Å². The lowest BCUT2D eigenvalue weighted by Gasteiger charge is -2.26. The van der Waals surface area contributed by atoms with Crippen molar-refractivity contribution in [3.63, 3.8) is 0 Å². The van der Waals surface area contributed by atoms with E-state index < -0.39 is 6.10 Å². The molecule has 1 aliphatic rings. The number of aryl methyl sites for hydroxylation is 2. The summed E-state index contributed by atoms with van der Waals surface area (Å²) in [7, 11) is 0. The van der Waals surface area contributed by atoms with Crippen LogP contribution in [-0.2, 0) is 4.74 Å². The van der Waals surface area contributed by atoms with Crippen molar-refractivity contribution in [3.8, 4) is 0 Å². The van der Waals surface area contributed by atoms with Crippen molar-refractivity contribution in [2.45, 2.75) is 33.3 Å². The van der Waals surface area contributed by atoms with Crippen LogP contribution in [0.2, 0.25) is 0 Å². The second-order valence-corrected chi connectivity index (χ2v) is 5.96. The van der Waals surface area contributed by atoms with Gasteiger partial charge in [-0.1, -0.05) is 30.7 Å². The number of rotatable bonds is 6. The fourth-order valence-electron chi connectivity index (χ4n) is 2.89. The van der Waals surface area contributed by atoms with Crippen LogP contribution in [-0.4, -0.2) is 42.9 Å². The Bertz CT molecular complexity index is 427. The fraction of sp³-hybridized carbons (Fsp3) is 0.647. The number of benzene rings is 1. The molecule has 0 unspecified atom stereocenters. The van der Waals surface area contributed by atoms with Gasteiger partial charge in [0.25, 0.3) is 0 Å². The Kier molecular flexibility index (Phi) is 5.58. The molecule has 20 heavy (non-hydrogen) atoms. The normalized spacial score (nSPS) is 20.6. The standard InChI is InChI=1S/C17H27NO2/c1-4-18(10-15-7-8-20-12-15)11-17(19)16-9-13(2)5-6-14(16)3/h5-6,9,15,17,19H,4,7-8,10-12H2,1-3H3/t15-,17-/m1/s1. The Balaban J connectivity index is 1.97. The van der Waals surface area contributed by atoms with Crippen LogP contribution < -0.4 is 0 Å². The second kappa shape index (κ2) is 7.21. The number of hydrogen-bond acceptors (Lipinski definition) is 3. The third-order valence-corrected chi connectivity index (χ3v) is 4.21. The summed E-state index contributed by atoms with van der Waals surface area (Å²) in [5, 5.41) is 10.5. The van der Waals surface area contributed by atoms with Crippen LogP contribution in [0.1, 0.15) is 36.1 Å². The maximum absolute atomic E-state index is 10.5. The minimum absolute atomic E-state index is 0.405. The highest BCUT2D eigenvalue weighted by Gasteiger charge is 2.21. The molecule has 0 aliphatic carbocycles. The van der Waals surface area contributed by atoms with Crippen LogP contribution in [0.5, 0.6) is 0 Å². The van der Waals surface area contributed by atoms with Crippen LogP contribution in [0.25, 0.3) is 0 Å². The van der Waals surface area contributed by atoms with Crippen molar-refractivity contribution in [2.24, 2.45) is 5.92 Å². The van der Waals surface area contributed by atoms with Crippen LogP contribution in [0, 0.1) is 19.8 Å². The summed E-state index contributed by atoms with van der Waals surface area (Å²) < 4.78 is 5.44. The summed E-state index contributed by atoms with van der Waals surface area (Å²) in [6.45, 7) is 10.8. The first kappa shape index (κ1) is 15.5. The summed E-state index contributed by atoms with van der Waals surface area (Å²) in [6, 6.07) is 6.29. The molecule has 0 aromatic heterocycles. The SMILES string of the molecule is CCN(C[C@H]1CCOC1)C[C@@H](O)c1cc(C)ccc1C. The lowest BCUT2D eigenvalue weighted by molar-refractivity contribution is 0.101. The molecular formula is C17H27NO2. The summed E-state index contributed by atoms with van der Waals surface area (Å²) in [5.74, 6) is 0.626. The summed E-state index contributed by atoms with van der Waals surface area (Å²) in [4.78, 5) is 2.34. The van der Waals surface area contributed by atoms with Gasteiger partial charge in [0.05, 0.1) is 12.7 Å². The van der Waals surface area contributed by atoms with Crippen molar-refractivity contribution in [2.75, 3.05) is 32.8 Å². The van der Waals surface area contributed by atoms with Gasteiger partial charge in [-0.15, -0.1) is 0 Å². The van der Waals surface area contributed by atoms with E-state index in [4.69, 9.17) is 4.74 Å². The highest BCUT2D eigenvalue weighted by Crippen LogP contribution is 2.21. The summed E-state index contributed by atoms with van der Waals surface area (Å²) in [6.07, 6.45) is 0.743. The Hall–Kier alpha value is -0.900. The Morgan fingerprint density at radius 3 is 2.85 bits per heavy atom.